The van der Waals surface area contributed by atoms with Crippen LogP contribution in [-0.4, -0.2) is 104 Å². The number of rotatable bonds is 11. The Labute approximate surface area is 171 Å². The fraction of sp³-hybridized carbons (Fsp3) is 0.688. The fourth-order valence-corrected chi connectivity index (χ4v) is 2.41. The van der Waals surface area contributed by atoms with Crippen molar-refractivity contribution < 1.29 is 43.7 Å². The Hall–Kier alpha value is -2.81. The predicted octanol–water partition coefficient (Wildman–Crippen LogP) is -5.54. The van der Waals surface area contributed by atoms with Crippen molar-refractivity contribution >= 4 is 29.6 Å². The van der Waals surface area contributed by atoms with Crippen LogP contribution in [0.4, 0.5) is 0 Å². The molecule has 0 aromatic heterocycles. The van der Waals surface area contributed by atoms with Gasteiger partial charge in [-0.3, -0.25) is 24.0 Å². The van der Waals surface area contributed by atoms with Crippen molar-refractivity contribution in [3.63, 3.8) is 0 Å². The number of hydrogen-bond donors (Lipinski definition) is 7. The molecule has 0 radical (unpaired) electrons. The molecule has 1 rings (SSSR count). The molecule has 14 nitrogen and oxygen atoms in total. The second kappa shape index (κ2) is 12.7. The molecule has 0 aromatic carbocycles. The number of carbonyl (C=O) groups is 5. The van der Waals surface area contributed by atoms with E-state index < -0.39 is 73.6 Å². The minimum Gasteiger partial charge on any atom is -0.468 e. The highest BCUT2D eigenvalue weighted by molar-refractivity contribution is 5.90. The molecular formula is C16H27N5O9. The summed E-state index contributed by atoms with van der Waals surface area (Å²) < 4.78 is 9.61. The molecule has 14 heteroatoms. The zero-order chi connectivity index (χ0) is 22.7. The summed E-state index contributed by atoms with van der Waals surface area (Å²) in [5.41, 5.74) is 5.38. The molecule has 0 unspecified atom stereocenters. The van der Waals surface area contributed by atoms with E-state index in [1.807, 2.05) is 0 Å². The molecule has 0 spiro atoms. The molecule has 1 aliphatic rings. The first-order valence-electron chi connectivity index (χ1n) is 9.03. The first kappa shape index (κ1) is 25.2. The quantitative estimate of drug-likeness (QED) is 0.153. The van der Waals surface area contributed by atoms with Crippen LogP contribution in [0, 0.1) is 0 Å². The Kier molecular flexibility index (Phi) is 10.7. The van der Waals surface area contributed by atoms with Gasteiger partial charge in [-0.2, -0.15) is 0 Å². The molecule has 0 saturated carbocycles. The molecule has 1 saturated heterocycles. The standard InChI is InChI=1S/C16H27N5O9/c1-29-14(26)7-21-13(25)6-20-12(24)5-19-11(23)4-18-10(22)2-8-15(27)16(28)9(3-17)30-8/h8-9,15-16,27-28H,2-7,17H2,1H3,(H,18,22)(H,19,23)(H,20,24)(H,21,25)/t8-,9+,15-,16+/m0/s1. The van der Waals surface area contributed by atoms with Gasteiger partial charge in [-0.25, -0.2) is 0 Å². The lowest BCUT2D eigenvalue weighted by Crippen LogP contribution is -2.45. The number of aliphatic hydroxyl groups is 2. The molecule has 0 aliphatic carbocycles. The third kappa shape index (κ3) is 8.69. The second-order valence-corrected chi connectivity index (χ2v) is 6.32. The summed E-state index contributed by atoms with van der Waals surface area (Å²) in [6, 6.07) is 0. The smallest absolute Gasteiger partial charge is 0.325 e. The number of methoxy groups -OCH3 is 1. The minimum atomic E-state index is -1.27. The maximum absolute atomic E-state index is 11.8. The summed E-state index contributed by atoms with van der Waals surface area (Å²) in [6.07, 6.45) is -4.48. The number of hydrogen-bond acceptors (Lipinski definition) is 10. The average Bonchev–Trinajstić information content (AvgIpc) is 3.00. The number of ether oxygens (including phenoxy) is 2. The lowest BCUT2D eigenvalue weighted by molar-refractivity contribution is -0.141. The van der Waals surface area contributed by atoms with Gasteiger partial charge in [-0.1, -0.05) is 0 Å². The van der Waals surface area contributed by atoms with Crippen LogP contribution >= 0.6 is 0 Å². The van der Waals surface area contributed by atoms with Gasteiger partial charge in [0.15, 0.2) is 0 Å². The van der Waals surface area contributed by atoms with E-state index in [0.717, 1.165) is 7.11 Å². The highest BCUT2D eigenvalue weighted by Gasteiger charge is 2.42. The van der Waals surface area contributed by atoms with Crippen molar-refractivity contribution in [3.05, 3.63) is 0 Å². The molecule has 1 heterocycles. The van der Waals surface area contributed by atoms with Gasteiger partial charge in [-0.05, 0) is 0 Å². The number of amides is 4. The lowest BCUT2D eigenvalue weighted by atomic mass is 10.1. The van der Waals surface area contributed by atoms with Gasteiger partial charge in [0.1, 0.15) is 18.8 Å². The summed E-state index contributed by atoms with van der Waals surface area (Å²) in [5.74, 6) is -3.20. The molecule has 1 fully saturated rings. The summed E-state index contributed by atoms with van der Waals surface area (Å²) in [7, 11) is 1.16. The summed E-state index contributed by atoms with van der Waals surface area (Å²) >= 11 is 0. The van der Waals surface area contributed by atoms with Crippen molar-refractivity contribution in [2.45, 2.75) is 30.8 Å². The lowest BCUT2D eigenvalue weighted by Gasteiger charge is -2.14. The number of nitrogens with one attached hydrogen (secondary N) is 4. The molecule has 4 amide bonds. The first-order valence-corrected chi connectivity index (χ1v) is 9.03. The van der Waals surface area contributed by atoms with Crippen LogP contribution in [0.1, 0.15) is 6.42 Å². The molecule has 170 valence electrons. The number of aliphatic hydroxyl groups excluding tert-OH is 2. The van der Waals surface area contributed by atoms with Gasteiger partial charge in [0, 0.05) is 6.54 Å². The van der Waals surface area contributed by atoms with E-state index in [1.54, 1.807) is 0 Å². The SMILES string of the molecule is COC(=O)CNC(=O)CNC(=O)CNC(=O)CNC(=O)C[C@@H]1O[C@H](CN)[C@@H](O)[C@H]1O. The van der Waals surface area contributed by atoms with E-state index in [2.05, 4.69) is 26.0 Å². The zero-order valence-electron chi connectivity index (χ0n) is 16.4. The molecule has 0 aromatic rings. The first-order chi connectivity index (χ1) is 14.2. The van der Waals surface area contributed by atoms with Crippen LogP contribution in [-0.2, 0) is 33.4 Å². The van der Waals surface area contributed by atoms with Crippen LogP contribution in [0.15, 0.2) is 0 Å². The maximum Gasteiger partial charge on any atom is 0.325 e. The van der Waals surface area contributed by atoms with E-state index in [-0.39, 0.29) is 19.5 Å². The van der Waals surface area contributed by atoms with Crippen molar-refractivity contribution in [1.82, 2.24) is 21.3 Å². The van der Waals surface area contributed by atoms with Crippen LogP contribution in [0.2, 0.25) is 0 Å². The van der Waals surface area contributed by atoms with Crippen molar-refractivity contribution in [3.8, 4) is 0 Å². The zero-order valence-corrected chi connectivity index (χ0v) is 16.4. The Balaban J connectivity index is 2.19. The molecule has 1 aliphatic heterocycles. The third-order valence-corrected chi connectivity index (χ3v) is 4.08. The molecule has 30 heavy (non-hydrogen) atoms. The Morgan fingerprint density at radius 1 is 0.800 bits per heavy atom. The third-order valence-electron chi connectivity index (χ3n) is 4.08. The van der Waals surface area contributed by atoms with Crippen LogP contribution in [0.3, 0.4) is 0 Å². The topological polar surface area (TPSA) is 218 Å². The van der Waals surface area contributed by atoms with E-state index in [4.69, 9.17) is 10.5 Å². The van der Waals surface area contributed by atoms with Gasteiger partial charge in [0.2, 0.25) is 23.6 Å². The highest BCUT2D eigenvalue weighted by Crippen LogP contribution is 2.22. The normalized spacial score (nSPS) is 22.7. The Morgan fingerprint density at radius 3 is 1.67 bits per heavy atom. The fourth-order valence-electron chi connectivity index (χ4n) is 2.41. The van der Waals surface area contributed by atoms with E-state index >= 15 is 0 Å². The average molecular weight is 433 g/mol. The Morgan fingerprint density at radius 2 is 1.23 bits per heavy atom. The van der Waals surface area contributed by atoms with Gasteiger partial charge >= 0.3 is 5.97 Å². The monoisotopic (exact) mass is 433 g/mol. The molecule has 4 atom stereocenters. The minimum absolute atomic E-state index is 0.0201. The molecular weight excluding hydrogens is 406 g/mol. The number of esters is 1. The summed E-state index contributed by atoms with van der Waals surface area (Å²) in [4.78, 5) is 57.4. The highest BCUT2D eigenvalue weighted by atomic mass is 16.5. The van der Waals surface area contributed by atoms with Gasteiger partial charge < -0.3 is 46.7 Å². The number of carbonyl (C=O) groups excluding carboxylic acids is 5. The van der Waals surface area contributed by atoms with Crippen molar-refractivity contribution in [1.29, 1.82) is 0 Å². The van der Waals surface area contributed by atoms with Crippen molar-refractivity contribution in [2.75, 3.05) is 39.8 Å². The van der Waals surface area contributed by atoms with Gasteiger partial charge in [0.25, 0.3) is 0 Å². The predicted molar refractivity (Wildman–Crippen MR) is 98.4 cm³/mol. The van der Waals surface area contributed by atoms with E-state index in [0.29, 0.717) is 0 Å². The van der Waals surface area contributed by atoms with Crippen LogP contribution in [0.5, 0.6) is 0 Å². The van der Waals surface area contributed by atoms with Gasteiger partial charge in [-0.15, -0.1) is 0 Å². The maximum atomic E-state index is 11.8. The van der Waals surface area contributed by atoms with Gasteiger partial charge in [0.05, 0.1) is 45.4 Å². The molecule has 8 N–H and O–H groups in total. The van der Waals surface area contributed by atoms with Crippen LogP contribution < -0.4 is 27.0 Å². The second-order valence-electron chi connectivity index (χ2n) is 6.32. The van der Waals surface area contributed by atoms with Crippen molar-refractivity contribution in [2.24, 2.45) is 5.73 Å². The summed E-state index contributed by atoms with van der Waals surface area (Å²) in [6.45, 7) is -1.63. The van der Waals surface area contributed by atoms with Crippen LogP contribution in [0.25, 0.3) is 0 Å². The molecule has 0 bridgehead atoms. The van der Waals surface area contributed by atoms with E-state index in [9.17, 15) is 34.2 Å². The number of nitrogens with two attached hydrogens (primary N) is 1. The summed E-state index contributed by atoms with van der Waals surface area (Å²) in [5, 5.41) is 28.5. The van der Waals surface area contributed by atoms with E-state index in [1.165, 1.54) is 0 Å². The largest absolute Gasteiger partial charge is 0.468 e. The Bertz CT molecular complexity index is 645.